The van der Waals surface area contributed by atoms with E-state index in [2.05, 4.69) is 5.32 Å². The Balaban J connectivity index is 1.32. The third kappa shape index (κ3) is 4.60. The van der Waals surface area contributed by atoms with E-state index in [1.54, 1.807) is 24.0 Å². The van der Waals surface area contributed by atoms with Gasteiger partial charge in [0.2, 0.25) is 17.7 Å². The highest BCUT2D eigenvalue weighted by Gasteiger charge is 2.39. The van der Waals surface area contributed by atoms with E-state index < -0.39 is 11.7 Å². The molecule has 1 atom stereocenters. The molecule has 2 aromatic rings. The van der Waals surface area contributed by atoms with Crippen molar-refractivity contribution in [2.24, 2.45) is 11.8 Å². The second-order valence-electron chi connectivity index (χ2n) is 8.32. The molecular formula is C24H26FN3O3. The van der Waals surface area contributed by atoms with E-state index in [1.165, 1.54) is 11.0 Å². The molecule has 0 saturated carbocycles. The van der Waals surface area contributed by atoms with Gasteiger partial charge in [-0.15, -0.1) is 0 Å². The molecule has 2 fully saturated rings. The van der Waals surface area contributed by atoms with Crippen LogP contribution in [-0.2, 0) is 14.4 Å². The predicted molar refractivity (Wildman–Crippen MR) is 116 cm³/mol. The number of rotatable bonds is 4. The van der Waals surface area contributed by atoms with Crippen molar-refractivity contribution in [1.29, 1.82) is 0 Å². The molecule has 162 valence electrons. The van der Waals surface area contributed by atoms with Crippen molar-refractivity contribution in [3.8, 4) is 0 Å². The largest absolute Gasteiger partial charge is 0.342 e. The van der Waals surface area contributed by atoms with Crippen molar-refractivity contribution in [2.45, 2.75) is 26.2 Å². The fourth-order valence-corrected chi connectivity index (χ4v) is 4.32. The van der Waals surface area contributed by atoms with Crippen LogP contribution in [0.3, 0.4) is 0 Å². The zero-order valence-electron chi connectivity index (χ0n) is 17.5. The third-order valence-electron chi connectivity index (χ3n) is 6.09. The Labute approximate surface area is 181 Å². The van der Waals surface area contributed by atoms with Gasteiger partial charge in [-0.3, -0.25) is 14.4 Å². The molecule has 3 amide bonds. The smallest absolute Gasteiger partial charge is 0.228 e. The van der Waals surface area contributed by atoms with E-state index in [1.807, 2.05) is 30.3 Å². The van der Waals surface area contributed by atoms with Crippen LogP contribution in [0.15, 0.2) is 48.5 Å². The number of benzene rings is 2. The third-order valence-corrected chi connectivity index (χ3v) is 6.09. The fraction of sp³-hybridized carbons (Fsp3) is 0.375. The molecule has 4 rings (SSSR count). The number of carbonyl (C=O) groups is 3. The summed E-state index contributed by atoms with van der Waals surface area (Å²) in [7, 11) is 0. The van der Waals surface area contributed by atoms with Gasteiger partial charge < -0.3 is 15.1 Å². The first-order chi connectivity index (χ1) is 14.9. The Morgan fingerprint density at radius 2 is 1.74 bits per heavy atom. The number of para-hydroxylation sites is 1. The van der Waals surface area contributed by atoms with Gasteiger partial charge >= 0.3 is 0 Å². The highest BCUT2D eigenvalue weighted by atomic mass is 19.1. The quantitative estimate of drug-likeness (QED) is 0.820. The van der Waals surface area contributed by atoms with E-state index in [0.29, 0.717) is 25.9 Å². The standard InChI is InChI=1S/C24H26FN3O3/c1-16-7-8-21(20(25)13-16)28-15-18(14-22(28)29)24(31)27-11-9-17(10-12-27)23(30)26-19-5-3-2-4-6-19/h2-8,13,17-18H,9-12,14-15H2,1H3,(H,26,30). The molecule has 0 bridgehead atoms. The van der Waals surface area contributed by atoms with Crippen LogP contribution in [-0.4, -0.2) is 42.3 Å². The minimum Gasteiger partial charge on any atom is -0.342 e. The van der Waals surface area contributed by atoms with Crippen molar-refractivity contribution in [3.63, 3.8) is 0 Å². The summed E-state index contributed by atoms with van der Waals surface area (Å²) in [4.78, 5) is 41.0. The Kier molecular flexibility index (Phi) is 6.02. The molecule has 31 heavy (non-hydrogen) atoms. The van der Waals surface area contributed by atoms with E-state index in [-0.39, 0.29) is 42.3 Å². The lowest BCUT2D eigenvalue weighted by Gasteiger charge is -2.33. The van der Waals surface area contributed by atoms with Crippen LogP contribution in [0.2, 0.25) is 0 Å². The molecule has 0 spiro atoms. The molecule has 2 aliphatic rings. The second kappa shape index (κ2) is 8.88. The molecular weight excluding hydrogens is 397 g/mol. The molecule has 0 aliphatic carbocycles. The first-order valence-electron chi connectivity index (χ1n) is 10.6. The zero-order valence-corrected chi connectivity index (χ0v) is 17.5. The van der Waals surface area contributed by atoms with Gasteiger partial charge in [-0.25, -0.2) is 4.39 Å². The Bertz CT molecular complexity index is 987. The molecule has 6 nitrogen and oxygen atoms in total. The van der Waals surface area contributed by atoms with Gasteiger partial charge in [0.25, 0.3) is 0 Å². The summed E-state index contributed by atoms with van der Waals surface area (Å²) in [6, 6.07) is 14.0. The number of nitrogens with one attached hydrogen (secondary N) is 1. The summed E-state index contributed by atoms with van der Waals surface area (Å²) in [6.07, 6.45) is 1.25. The summed E-state index contributed by atoms with van der Waals surface area (Å²) in [5, 5.41) is 2.92. The van der Waals surface area contributed by atoms with Crippen LogP contribution in [0.25, 0.3) is 0 Å². The Morgan fingerprint density at radius 1 is 1.03 bits per heavy atom. The maximum atomic E-state index is 14.3. The Hall–Kier alpha value is -3.22. The van der Waals surface area contributed by atoms with Crippen molar-refractivity contribution in [3.05, 3.63) is 59.9 Å². The number of amides is 3. The number of hydrogen-bond acceptors (Lipinski definition) is 3. The highest BCUT2D eigenvalue weighted by molar-refractivity contribution is 6.00. The monoisotopic (exact) mass is 423 g/mol. The summed E-state index contributed by atoms with van der Waals surface area (Å²) in [5.41, 5.74) is 1.76. The van der Waals surface area contributed by atoms with Crippen molar-refractivity contribution >= 4 is 29.1 Å². The van der Waals surface area contributed by atoms with E-state index in [0.717, 1.165) is 11.3 Å². The van der Waals surface area contributed by atoms with Crippen molar-refractivity contribution < 1.29 is 18.8 Å². The minimum absolute atomic E-state index is 0.0321. The van der Waals surface area contributed by atoms with Gasteiger partial charge in [0.15, 0.2) is 0 Å². The molecule has 0 aromatic heterocycles. The number of carbonyl (C=O) groups excluding carboxylic acids is 3. The lowest BCUT2D eigenvalue weighted by Crippen LogP contribution is -2.44. The van der Waals surface area contributed by atoms with Gasteiger partial charge in [0.05, 0.1) is 11.6 Å². The van der Waals surface area contributed by atoms with E-state index in [4.69, 9.17) is 0 Å². The average molecular weight is 423 g/mol. The summed E-state index contributed by atoms with van der Waals surface area (Å²) < 4.78 is 14.3. The number of anilines is 2. The van der Waals surface area contributed by atoms with Gasteiger partial charge in [0.1, 0.15) is 5.82 Å². The molecule has 2 aliphatic heterocycles. The summed E-state index contributed by atoms with van der Waals surface area (Å²) in [5.74, 6) is -1.44. The first kappa shape index (κ1) is 21.0. The highest BCUT2D eigenvalue weighted by Crippen LogP contribution is 2.30. The zero-order chi connectivity index (χ0) is 22.0. The van der Waals surface area contributed by atoms with E-state index >= 15 is 0 Å². The topological polar surface area (TPSA) is 69.7 Å². The Morgan fingerprint density at radius 3 is 2.42 bits per heavy atom. The van der Waals surface area contributed by atoms with Crippen LogP contribution in [0.5, 0.6) is 0 Å². The van der Waals surface area contributed by atoms with Crippen molar-refractivity contribution in [2.75, 3.05) is 29.9 Å². The maximum Gasteiger partial charge on any atom is 0.228 e. The van der Waals surface area contributed by atoms with Gasteiger partial charge in [-0.2, -0.15) is 0 Å². The minimum atomic E-state index is -0.483. The normalized spacial score (nSPS) is 19.5. The second-order valence-corrected chi connectivity index (χ2v) is 8.32. The fourth-order valence-electron chi connectivity index (χ4n) is 4.32. The first-order valence-corrected chi connectivity index (χ1v) is 10.6. The van der Waals surface area contributed by atoms with Gasteiger partial charge in [0, 0.05) is 37.7 Å². The molecule has 1 N–H and O–H groups in total. The van der Waals surface area contributed by atoms with Crippen LogP contribution in [0.4, 0.5) is 15.8 Å². The van der Waals surface area contributed by atoms with Gasteiger partial charge in [-0.05, 0) is 49.6 Å². The molecule has 2 heterocycles. The average Bonchev–Trinajstić information content (AvgIpc) is 3.15. The molecule has 2 aromatic carbocycles. The lowest BCUT2D eigenvalue weighted by atomic mass is 9.94. The van der Waals surface area contributed by atoms with Crippen LogP contribution in [0, 0.1) is 24.6 Å². The lowest BCUT2D eigenvalue weighted by molar-refractivity contribution is -0.138. The molecule has 2 saturated heterocycles. The summed E-state index contributed by atoms with van der Waals surface area (Å²) in [6.45, 7) is 2.94. The number of aryl methyl sites for hydroxylation is 1. The van der Waals surface area contributed by atoms with Crippen LogP contribution >= 0.6 is 0 Å². The number of likely N-dealkylation sites (tertiary alicyclic amines) is 1. The molecule has 0 radical (unpaired) electrons. The predicted octanol–water partition coefficient (Wildman–Crippen LogP) is 3.36. The van der Waals surface area contributed by atoms with Crippen LogP contribution in [0.1, 0.15) is 24.8 Å². The number of nitrogens with zero attached hydrogens (tertiary/aromatic N) is 2. The molecule has 1 unspecified atom stereocenters. The molecule has 7 heteroatoms. The number of hydrogen-bond donors (Lipinski definition) is 1. The van der Waals surface area contributed by atoms with Gasteiger partial charge in [-0.1, -0.05) is 24.3 Å². The van der Waals surface area contributed by atoms with Crippen molar-refractivity contribution in [1.82, 2.24) is 4.90 Å². The SMILES string of the molecule is Cc1ccc(N2CC(C(=O)N3CCC(C(=O)Nc4ccccc4)CC3)CC2=O)c(F)c1. The maximum absolute atomic E-state index is 14.3. The van der Waals surface area contributed by atoms with E-state index in [9.17, 15) is 18.8 Å². The van der Waals surface area contributed by atoms with Crippen LogP contribution < -0.4 is 10.2 Å². The number of piperidine rings is 1. The summed E-state index contributed by atoms with van der Waals surface area (Å²) >= 11 is 0. The number of halogens is 1.